The molecule has 0 atom stereocenters. The molecule has 1 aromatic carbocycles. The van der Waals surface area contributed by atoms with E-state index in [4.69, 9.17) is 0 Å². The molecule has 0 radical (unpaired) electrons. The van der Waals surface area contributed by atoms with E-state index < -0.39 is 0 Å². The first-order valence-corrected chi connectivity index (χ1v) is 10.6. The number of aryl methyl sites for hydroxylation is 3. The van der Waals surface area contributed by atoms with Gasteiger partial charge in [-0.15, -0.1) is 0 Å². The smallest absolute Gasteiger partial charge is 0.267 e. The second-order valence-electron chi connectivity index (χ2n) is 7.55. The first-order chi connectivity index (χ1) is 13.1. The van der Waals surface area contributed by atoms with E-state index in [1.165, 1.54) is 35.3 Å². The quantitative estimate of drug-likeness (QED) is 0.803. The Kier molecular flexibility index (Phi) is 5.25. The highest BCUT2D eigenvalue weighted by atomic mass is 32.1. The summed E-state index contributed by atoms with van der Waals surface area (Å²) in [5.74, 6) is -0.0539. The first-order valence-electron chi connectivity index (χ1n) is 9.81. The van der Waals surface area contributed by atoms with Gasteiger partial charge < -0.3 is 10.6 Å². The maximum absolute atomic E-state index is 12.7. The predicted molar refractivity (Wildman–Crippen MR) is 108 cm³/mol. The fourth-order valence-corrected chi connectivity index (χ4v) is 4.93. The van der Waals surface area contributed by atoms with Crippen molar-refractivity contribution in [2.24, 2.45) is 5.92 Å². The fraction of sp³-hybridized carbons (Fsp3) is 0.476. The van der Waals surface area contributed by atoms with Crippen LogP contribution in [0.2, 0.25) is 0 Å². The third kappa shape index (κ3) is 4.05. The average molecular weight is 384 g/mol. The van der Waals surface area contributed by atoms with Crippen LogP contribution >= 0.6 is 11.3 Å². The summed E-state index contributed by atoms with van der Waals surface area (Å²) in [5.41, 5.74) is 4.18. The van der Waals surface area contributed by atoms with Crippen molar-refractivity contribution in [3.8, 4) is 0 Å². The van der Waals surface area contributed by atoms with Crippen molar-refractivity contribution in [3.63, 3.8) is 0 Å². The van der Waals surface area contributed by atoms with Crippen LogP contribution in [0.5, 0.6) is 0 Å². The lowest BCUT2D eigenvalue weighted by molar-refractivity contribution is -0.120. The van der Waals surface area contributed by atoms with Crippen molar-refractivity contribution in [2.75, 3.05) is 10.6 Å². The molecule has 4 rings (SSSR count). The third-order valence-electron chi connectivity index (χ3n) is 5.57. The molecule has 0 saturated heterocycles. The van der Waals surface area contributed by atoms with Crippen molar-refractivity contribution in [1.29, 1.82) is 0 Å². The van der Waals surface area contributed by atoms with Crippen molar-refractivity contribution in [2.45, 2.75) is 58.3 Å². The Hall–Kier alpha value is -2.21. The highest BCUT2D eigenvalue weighted by Gasteiger charge is 2.23. The third-order valence-corrected chi connectivity index (χ3v) is 6.64. The maximum atomic E-state index is 12.7. The molecular weight excluding hydrogens is 358 g/mol. The van der Waals surface area contributed by atoms with Crippen LogP contribution < -0.4 is 10.6 Å². The standard InChI is InChI=1S/C21H25N3O2S/c1-13-18(20(26)23-17-11-10-14-8-5-9-16(14)12-17)27-21(22-13)24-19(25)15-6-3-2-4-7-15/h10-12,15H,2-9H2,1H3,(H,23,26)(H,22,24,25). The zero-order valence-electron chi connectivity index (χ0n) is 15.6. The molecule has 6 heteroatoms. The first kappa shape index (κ1) is 18.2. The Balaban J connectivity index is 1.42. The molecule has 1 heterocycles. The van der Waals surface area contributed by atoms with E-state index in [0.717, 1.165) is 44.2 Å². The summed E-state index contributed by atoms with van der Waals surface area (Å²) >= 11 is 1.25. The zero-order chi connectivity index (χ0) is 18.8. The summed E-state index contributed by atoms with van der Waals surface area (Å²) in [6.45, 7) is 1.81. The predicted octanol–water partition coefficient (Wildman–Crippen LogP) is 4.71. The van der Waals surface area contributed by atoms with Crippen molar-refractivity contribution >= 4 is 34.0 Å². The number of rotatable bonds is 4. The highest BCUT2D eigenvalue weighted by molar-refractivity contribution is 7.17. The molecule has 2 aliphatic rings. The molecule has 5 nitrogen and oxygen atoms in total. The van der Waals surface area contributed by atoms with Crippen molar-refractivity contribution < 1.29 is 9.59 Å². The molecule has 27 heavy (non-hydrogen) atoms. The van der Waals surface area contributed by atoms with E-state index in [2.05, 4.69) is 27.8 Å². The zero-order valence-corrected chi connectivity index (χ0v) is 16.5. The molecule has 0 aliphatic heterocycles. The highest BCUT2D eigenvalue weighted by Crippen LogP contribution is 2.29. The SMILES string of the molecule is Cc1nc(NC(=O)C2CCCCC2)sc1C(=O)Nc1ccc2c(c1)CCC2. The molecule has 0 spiro atoms. The van der Waals surface area contributed by atoms with Gasteiger partial charge in [-0.2, -0.15) is 0 Å². The molecular formula is C21H25N3O2S. The number of fused-ring (bicyclic) bond motifs is 1. The minimum atomic E-state index is -0.166. The minimum Gasteiger partial charge on any atom is -0.321 e. The van der Waals surface area contributed by atoms with Gasteiger partial charge in [0.05, 0.1) is 5.69 Å². The normalized spacial score (nSPS) is 16.8. The number of hydrogen-bond donors (Lipinski definition) is 2. The molecule has 2 amide bonds. The molecule has 2 N–H and O–H groups in total. The van der Waals surface area contributed by atoms with E-state index in [0.29, 0.717) is 15.7 Å². The van der Waals surface area contributed by atoms with Crippen LogP contribution in [-0.2, 0) is 17.6 Å². The molecule has 0 bridgehead atoms. The lowest BCUT2D eigenvalue weighted by Gasteiger charge is -2.19. The topological polar surface area (TPSA) is 71.1 Å². The summed E-state index contributed by atoms with van der Waals surface area (Å²) in [7, 11) is 0. The lowest BCUT2D eigenvalue weighted by atomic mass is 9.89. The van der Waals surface area contributed by atoms with Gasteiger partial charge in [-0.25, -0.2) is 4.98 Å². The maximum Gasteiger partial charge on any atom is 0.267 e. The molecule has 0 unspecified atom stereocenters. The molecule has 1 aromatic heterocycles. The number of nitrogens with one attached hydrogen (secondary N) is 2. The van der Waals surface area contributed by atoms with Crippen LogP contribution in [0.3, 0.4) is 0 Å². The summed E-state index contributed by atoms with van der Waals surface area (Å²) in [4.78, 5) is 30.0. The molecule has 2 aliphatic carbocycles. The van der Waals surface area contributed by atoms with Gasteiger partial charge >= 0.3 is 0 Å². The Labute approximate surface area is 163 Å². The fourth-order valence-electron chi connectivity index (χ4n) is 4.07. The van der Waals surface area contributed by atoms with Gasteiger partial charge in [0.25, 0.3) is 5.91 Å². The number of amides is 2. The molecule has 2 aromatic rings. The number of thiazole rings is 1. The Morgan fingerprint density at radius 3 is 2.63 bits per heavy atom. The number of benzene rings is 1. The Morgan fingerprint density at radius 1 is 1.04 bits per heavy atom. The average Bonchev–Trinajstić information content (AvgIpc) is 3.28. The lowest BCUT2D eigenvalue weighted by Crippen LogP contribution is -2.24. The van der Waals surface area contributed by atoms with E-state index in [-0.39, 0.29) is 17.7 Å². The number of aromatic nitrogens is 1. The van der Waals surface area contributed by atoms with E-state index in [1.54, 1.807) is 0 Å². The largest absolute Gasteiger partial charge is 0.321 e. The summed E-state index contributed by atoms with van der Waals surface area (Å²) in [6.07, 6.45) is 8.73. The summed E-state index contributed by atoms with van der Waals surface area (Å²) in [6, 6.07) is 6.14. The van der Waals surface area contributed by atoms with E-state index >= 15 is 0 Å². The molecule has 1 saturated carbocycles. The van der Waals surface area contributed by atoms with Crippen molar-refractivity contribution in [1.82, 2.24) is 4.98 Å². The Bertz CT molecular complexity index is 868. The van der Waals surface area contributed by atoms with Gasteiger partial charge in [-0.1, -0.05) is 36.7 Å². The Morgan fingerprint density at radius 2 is 1.81 bits per heavy atom. The van der Waals surface area contributed by atoms with Gasteiger partial charge in [0.15, 0.2) is 5.13 Å². The van der Waals surface area contributed by atoms with Gasteiger partial charge in [0.1, 0.15) is 4.88 Å². The minimum absolute atomic E-state index is 0.0361. The van der Waals surface area contributed by atoms with Crippen LogP contribution in [-0.4, -0.2) is 16.8 Å². The van der Waals surface area contributed by atoms with Crippen LogP contribution in [0.1, 0.15) is 65.0 Å². The summed E-state index contributed by atoms with van der Waals surface area (Å²) < 4.78 is 0. The number of nitrogens with zero attached hydrogens (tertiary/aromatic N) is 1. The van der Waals surface area contributed by atoms with Crippen LogP contribution in [0, 0.1) is 12.8 Å². The van der Waals surface area contributed by atoms with Gasteiger partial charge in [-0.05, 0) is 62.3 Å². The molecule has 1 fully saturated rings. The molecule has 142 valence electrons. The monoisotopic (exact) mass is 383 g/mol. The van der Waals surface area contributed by atoms with E-state index in [9.17, 15) is 9.59 Å². The van der Waals surface area contributed by atoms with Gasteiger partial charge in [0, 0.05) is 11.6 Å². The number of hydrogen-bond acceptors (Lipinski definition) is 4. The van der Waals surface area contributed by atoms with Gasteiger partial charge in [-0.3, -0.25) is 9.59 Å². The van der Waals surface area contributed by atoms with Crippen molar-refractivity contribution in [3.05, 3.63) is 39.9 Å². The van der Waals surface area contributed by atoms with Gasteiger partial charge in [0.2, 0.25) is 5.91 Å². The van der Waals surface area contributed by atoms with Crippen LogP contribution in [0.15, 0.2) is 18.2 Å². The number of anilines is 2. The van der Waals surface area contributed by atoms with E-state index in [1.807, 2.05) is 13.0 Å². The second-order valence-corrected chi connectivity index (χ2v) is 8.55. The number of carbonyl (C=O) groups is 2. The van der Waals surface area contributed by atoms with Crippen LogP contribution in [0.25, 0.3) is 0 Å². The van der Waals surface area contributed by atoms with Crippen LogP contribution in [0.4, 0.5) is 10.8 Å². The summed E-state index contributed by atoms with van der Waals surface area (Å²) in [5, 5.41) is 6.41. The number of carbonyl (C=O) groups excluding carboxylic acids is 2. The second kappa shape index (κ2) is 7.80.